The fraction of sp³-hybridized carbons (Fsp3) is 0.0417. The Morgan fingerprint density at radius 2 is 1.62 bits per heavy atom. The highest BCUT2D eigenvalue weighted by molar-refractivity contribution is 7.26. The predicted octanol–water partition coefficient (Wildman–Crippen LogP) is 7.09. The maximum atomic E-state index is 8.05. The first-order valence-electron chi connectivity index (χ1n) is 9.99. The van der Waals surface area contributed by atoms with Gasteiger partial charge >= 0.3 is 0 Å². The Bertz CT molecular complexity index is 1340. The molecule has 1 nitrogen and oxygen atoms in total. The minimum absolute atomic E-state index is 0.280. The van der Waals surface area contributed by atoms with Crippen LogP contribution in [-0.2, 0) is 0 Å². The number of aryl methyl sites for hydroxylation is 1. The number of nitrogens with zero attached hydrogens (tertiary/aromatic N) is 1. The van der Waals surface area contributed by atoms with Crippen molar-refractivity contribution in [3.05, 3.63) is 90.6 Å². The van der Waals surface area contributed by atoms with Crippen LogP contribution in [-0.4, -0.2) is 4.98 Å². The molecule has 5 rings (SSSR count). The van der Waals surface area contributed by atoms with E-state index in [1.807, 2.05) is 60.7 Å². The van der Waals surface area contributed by atoms with Crippen molar-refractivity contribution in [2.75, 3.05) is 0 Å². The highest BCUT2D eigenvalue weighted by Crippen LogP contribution is 2.41. The molecule has 2 heterocycles. The molecule has 0 spiro atoms. The lowest BCUT2D eigenvalue weighted by atomic mass is 9.98. The molecule has 3 aromatic carbocycles. The molecule has 0 aliphatic carbocycles. The summed E-state index contributed by atoms with van der Waals surface area (Å²) in [5.74, 6) is 0. The van der Waals surface area contributed by atoms with Crippen LogP contribution in [0.4, 0.5) is 0 Å². The van der Waals surface area contributed by atoms with Crippen LogP contribution in [0.1, 0.15) is 9.68 Å². The highest BCUT2D eigenvalue weighted by atomic mass is 32.1. The molecule has 0 aliphatic heterocycles. The number of benzene rings is 3. The van der Waals surface area contributed by atoms with E-state index in [1.54, 1.807) is 11.3 Å². The van der Waals surface area contributed by atoms with Crippen molar-refractivity contribution in [3.8, 4) is 22.4 Å². The normalized spacial score (nSPS) is 13.5. The second-order valence-corrected chi connectivity index (χ2v) is 7.31. The quantitative estimate of drug-likeness (QED) is 0.330. The van der Waals surface area contributed by atoms with Crippen LogP contribution in [0.5, 0.6) is 0 Å². The lowest BCUT2D eigenvalue weighted by Crippen LogP contribution is -1.89. The van der Waals surface area contributed by atoms with Crippen LogP contribution in [0.3, 0.4) is 0 Å². The molecule has 0 bridgehead atoms. The summed E-state index contributed by atoms with van der Waals surface area (Å²) in [5, 5.41) is 2.35. The Hall–Kier alpha value is -2.97. The van der Waals surface area contributed by atoms with Crippen LogP contribution < -0.4 is 0 Å². The zero-order valence-electron chi connectivity index (χ0n) is 16.9. The molecule has 0 amide bonds. The van der Waals surface area contributed by atoms with E-state index in [9.17, 15) is 0 Å². The van der Waals surface area contributed by atoms with E-state index in [1.165, 1.54) is 16.3 Å². The Morgan fingerprint density at radius 1 is 0.808 bits per heavy atom. The summed E-state index contributed by atoms with van der Waals surface area (Å²) in [6.45, 7) is -2.24. The molecule has 5 aromatic rings. The molecular weight excluding hydrogens is 334 g/mol. The summed E-state index contributed by atoms with van der Waals surface area (Å²) in [4.78, 5) is 4.47. The van der Waals surface area contributed by atoms with Gasteiger partial charge in [0.25, 0.3) is 0 Å². The molecular formula is C24H17NS. The van der Waals surface area contributed by atoms with Crippen molar-refractivity contribution in [2.45, 2.75) is 6.85 Å². The van der Waals surface area contributed by atoms with Crippen LogP contribution >= 0.6 is 11.3 Å². The molecule has 124 valence electrons. The summed E-state index contributed by atoms with van der Waals surface area (Å²) >= 11 is 1.70. The van der Waals surface area contributed by atoms with E-state index < -0.39 is 6.85 Å². The van der Waals surface area contributed by atoms with Gasteiger partial charge in [0, 0.05) is 36.0 Å². The van der Waals surface area contributed by atoms with Crippen molar-refractivity contribution >= 4 is 31.5 Å². The van der Waals surface area contributed by atoms with Gasteiger partial charge in [-0.2, -0.15) is 0 Å². The van der Waals surface area contributed by atoms with E-state index in [0.29, 0.717) is 0 Å². The van der Waals surface area contributed by atoms with Gasteiger partial charge in [-0.25, -0.2) is 0 Å². The maximum Gasteiger partial charge on any atom is 0.0708 e. The average molecular weight is 354 g/mol. The van der Waals surface area contributed by atoms with Crippen molar-refractivity contribution in [1.29, 1.82) is 0 Å². The van der Waals surface area contributed by atoms with Gasteiger partial charge in [-0.1, -0.05) is 66.7 Å². The fourth-order valence-corrected chi connectivity index (χ4v) is 4.63. The van der Waals surface area contributed by atoms with Gasteiger partial charge in [-0.05, 0) is 35.7 Å². The topological polar surface area (TPSA) is 12.9 Å². The largest absolute Gasteiger partial charge is 0.256 e. The lowest BCUT2D eigenvalue weighted by Gasteiger charge is -2.10. The van der Waals surface area contributed by atoms with E-state index in [-0.39, 0.29) is 5.56 Å². The monoisotopic (exact) mass is 354 g/mol. The van der Waals surface area contributed by atoms with Gasteiger partial charge in [0.2, 0.25) is 0 Å². The number of hydrogen-bond acceptors (Lipinski definition) is 2. The molecule has 0 saturated carbocycles. The Balaban J connectivity index is 1.82. The van der Waals surface area contributed by atoms with Crippen LogP contribution in [0.2, 0.25) is 0 Å². The second kappa shape index (κ2) is 6.08. The third kappa shape index (κ3) is 2.42. The maximum absolute atomic E-state index is 8.05. The van der Waals surface area contributed by atoms with Crippen LogP contribution in [0, 0.1) is 6.85 Å². The SMILES string of the molecule is [2H]C([2H])([2H])c1cnc(-c2ccccc2)cc1-c1cccc2c1sc1ccccc12. The molecule has 2 aromatic heterocycles. The van der Waals surface area contributed by atoms with E-state index >= 15 is 0 Å². The van der Waals surface area contributed by atoms with Crippen LogP contribution in [0.25, 0.3) is 42.6 Å². The van der Waals surface area contributed by atoms with Gasteiger partial charge in [0.1, 0.15) is 0 Å². The smallest absolute Gasteiger partial charge is 0.0708 e. The zero-order chi connectivity index (χ0) is 20.0. The van der Waals surface area contributed by atoms with Gasteiger partial charge in [-0.3, -0.25) is 4.98 Å². The number of pyridine rings is 1. The number of thiophene rings is 1. The first-order valence-corrected chi connectivity index (χ1v) is 9.30. The van der Waals surface area contributed by atoms with Crippen molar-refractivity contribution in [2.24, 2.45) is 0 Å². The lowest BCUT2D eigenvalue weighted by molar-refractivity contribution is 1.27. The van der Waals surface area contributed by atoms with Gasteiger partial charge in [0.05, 0.1) is 5.69 Å². The van der Waals surface area contributed by atoms with E-state index in [4.69, 9.17) is 4.11 Å². The molecule has 0 fully saturated rings. The number of aromatic nitrogens is 1. The first kappa shape index (κ1) is 12.4. The number of rotatable bonds is 2. The molecule has 0 saturated heterocycles. The third-order valence-corrected chi connectivity index (χ3v) is 5.89. The Labute approximate surface area is 160 Å². The highest BCUT2D eigenvalue weighted by Gasteiger charge is 2.13. The summed E-state index contributed by atoms with van der Waals surface area (Å²) in [7, 11) is 0. The molecule has 26 heavy (non-hydrogen) atoms. The van der Waals surface area contributed by atoms with Gasteiger partial charge in [-0.15, -0.1) is 11.3 Å². The van der Waals surface area contributed by atoms with Crippen molar-refractivity contribution < 1.29 is 4.11 Å². The van der Waals surface area contributed by atoms with Crippen LogP contribution in [0.15, 0.2) is 85.1 Å². The minimum Gasteiger partial charge on any atom is -0.256 e. The summed E-state index contributed by atoms with van der Waals surface area (Å²) < 4.78 is 26.4. The average Bonchev–Trinajstić information content (AvgIpc) is 3.12. The first-order chi connectivity index (χ1) is 14.0. The van der Waals surface area contributed by atoms with Gasteiger partial charge < -0.3 is 0 Å². The molecule has 0 unspecified atom stereocenters. The second-order valence-electron chi connectivity index (χ2n) is 6.26. The van der Waals surface area contributed by atoms with E-state index in [0.717, 1.165) is 32.5 Å². The number of hydrogen-bond donors (Lipinski definition) is 0. The predicted molar refractivity (Wildman–Crippen MR) is 113 cm³/mol. The Morgan fingerprint density at radius 3 is 2.50 bits per heavy atom. The minimum atomic E-state index is -2.24. The summed E-state index contributed by atoms with van der Waals surface area (Å²) in [6.07, 6.45) is 1.51. The summed E-state index contributed by atoms with van der Waals surface area (Å²) in [6, 6.07) is 26.2. The standard InChI is InChI=1S/C24H17NS/c1-16-15-25-22(17-8-3-2-4-9-17)14-21(16)20-12-7-11-19-18-10-5-6-13-23(18)26-24(19)20/h2-15H,1H3/i1D3. The van der Waals surface area contributed by atoms with Crippen molar-refractivity contribution in [1.82, 2.24) is 4.98 Å². The fourth-order valence-electron chi connectivity index (χ4n) is 3.40. The Kier molecular flexibility index (Phi) is 2.90. The zero-order valence-corrected chi connectivity index (χ0v) is 14.8. The molecule has 2 heteroatoms. The summed E-state index contributed by atoms with van der Waals surface area (Å²) in [5.41, 5.74) is 3.67. The van der Waals surface area contributed by atoms with Gasteiger partial charge in [0.15, 0.2) is 0 Å². The van der Waals surface area contributed by atoms with Crippen molar-refractivity contribution in [3.63, 3.8) is 0 Å². The third-order valence-electron chi connectivity index (χ3n) is 4.67. The molecule has 0 N–H and O–H groups in total. The van der Waals surface area contributed by atoms with E-state index in [2.05, 4.69) is 23.2 Å². The molecule has 0 radical (unpaired) electrons. The number of fused-ring (bicyclic) bond motifs is 3. The molecule has 0 atom stereocenters. The molecule has 0 aliphatic rings.